The van der Waals surface area contributed by atoms with E-state index in [0.29, 0.717) is 5.41 Å². The molecule has 1 unspecified atom stereocenters. The maximum Gasteiger partial charge on any atom is 0.0195 e. The van der Waals surface area contributed by atoms with Gasteiger partial charge in [0.2, 0.25) is 0 Å². The van der Waals surface area contributed by atoms with Crippen LogP contribution >= 0.6 is 0 Å². The van der Waals surface area contributed by atoms with Gasteiger partial charge in [0, 0.05) is 18.6 Å². The minimum Gasteiger partial charge on any atom is -0.315 e. The Morgan fingerprint density at radius 1 is 1.06 bits per heavy atom. The number of nitrogens with zero attached hydrogens (tertiary/aromatic N) is 1. The van der Waals surface area contributed by atoms with Gasteiger partial charge in [0.15, 0.2) is 0 Å². The Morgan fingerprint density at radius 3 is 2.33 bits per heavy atom. The highest BCUT2D eigenvalue weighted by molar-refractivity contribution is 4.87. The summed E-state index contributed by atoms with van der Waals surface area (Å²) in [6.45, 7) is 13.3. The Kier molecular flexibility index (Phi) is 4.71. The Labute approximate surface area is 114 Å². The highest BCUT2D eigenvalue weighted by Crippen LogP contribution is 2.39. The second-order valence-electron chi connectivity index (χ2n) is 7.52. The van der Waals surface area contributed by atoms with E-state index in [4.69, 9.17) is 0 Å². The lowest BCUT2D eigenvalue weighted by molar-refractivity contribution is 0.0764. The molecule has 1 atom stereocenters. The maximum absolute atomic E-state index is 3.56. The van der Waals surface area contributed by atoms with Crippen LogP contribution in [0.5, 0.6) is 0 Å². The lowest BCUT2D eigenvalue weighted by Crippen LogP contribution is -2.46. The van der Waals surface area contributed by atoms with Gasteiger partial charge < -0.3 is 5.32 Å². The Morgan fingerprint density at radius 2 is 1.72 bits per heavy atom. The second kappa shape index (κ2) is 5.92. The van der Waals surface area contributed by atoms with Crippen molar-refractivity contribution in [3.63, 3.8) is 0 Å². The summed E-state index contributed by atoms with van der Waals surface area (Å²) < 4.78 is 0. The van der Waals surface area contributed by atoms with Crippen molar-refractivity contribution in [1.29, 1.82) is 0 Å². The molecule has 106 valence electrons. The van der Waals surface area contributed by atoms with Crippen LogP contribution in [0.25, 0.3) is 0 Å². The molecule has 2 nitrogen and oxygen atoms in total. The topological polar surface area (TPSA) is 15.3 Å². The van der Waals surface area contributed by atoms with Crippen molar-refractivity contribution >= 4 is 0 Å². The molecule has 18 heavy (non-hydrogen) atoms. The largest absolute Gasteiger partial charge is 0.315 e. The van der Waals surface area contributed by atoms with Crippen LogP contribution in [0, 0.1) is 11.3 Å². The van der Waals surface area contributed by atoms with E-state index in [9.17, 15) is 0 Å². The van der Waals surface area contributed by atoms with Crippen LogP contribution in [0.2, 0.25) is 0 Å². The molecule has 0 aromatic rings. The molecule has 0 bridgehead atoms. The van der Waals surface area contributed by atoms with Crippen LogP contribution in [-0.4, -0.2) is 36.6 Å². The highest BCUT2D eigenvalue weighted by atomic mass is 15.2. The third kappa shape index (κ3) is 3.48. The molecule has 2 fully saturated rings. The molecule has 2 rings (SSSR count). The molecule has 0 aromatic carbocycles. The fourth-order valence-electron chi connectivity index (χ4n) is 3.85. The zero-order valence-corrected chi connectivity index (χ0v) is 12.8. The van der Waals surface area contributed by atoms with E-state index < -0.39 is 0 Å². The summed E-state index contributed by atoms with van der Waals surface area (Å²) >= 11 is 0. The van der Waals surface area contributed by atoms with Gasteiger partial charge in [-0.25, -0.2) is 0 Å². The zero-order valence-electron chi connectivity index (χ0n) is 12.8. The monoisotopic (exact) mass is 252 g/mol. The van der Waals surface area contributed by atoms with E-state index in [1.54, 1.807) is 0 Å². The lowest BCUT2D eigenvalue weighted by atomic mass is 9.71. The molecule has 1 N–H and O–H groups in total. The van der Waals surface area contributed by atoms with Crippen molar-refractivity contribution in [2.45, 2.75) is 71.9 Å². The number of hydrogen-bond donors (Lipinski definition) is 1. The first-order chi connectivity index (χ1) is 8.48. The molecule has 1 saturated heterocycles. The van der Waals surface area contributed by atoms with Crippen molar-refractivity contribution in [3.05, 3.63) is 0 Å². The summed E-state index contributed by atoms with van der Waals surface area (Å²) in [5.41, 5.74) is 0.511. The Balaban J connectivity index is 1.88. The van der Waals surface area contributed by atoms with Crippen LogP contribution < -0.4 is 5.32 Å². The molecule has 2 aliphatic rings. The quantitative estimate of drug-likeness (QED) is 0.770. The van der Waals surface area contributed by atoms with E-state index in [-0.39, 0.29) is 0 Å². The fourth-order valence-corrected chi connectivity index (χ4v) is 3.85. The van der Waals surface area contributed by atoms with Gasteiger partial charge in [-0.05, 0) is 63.5 Å². The van der Waals surface area contributed by atoms with Crippen molar-refractivity contribution in [2.24, 2.45) is 11.3 Å². The van der Waals surface area contributed by atoms with Crippen LogP contribution in [0.4, 0.5) is 0 Å². The minimum atomic E-state index is 0.511. The Hall–Kier alpha value is -0.0800. The third-order valence-electron chi connectivity index (χ3n) is 5.17. The van der Waals surface area contributed by atoms with E-state index in [1.807, 2.05) is 0 Å². The number of rotatable bonds is 1. The summed E-state index contributed by atoms with van der Waals surface area (Å²) in [6.07, 6.45) is 7.04. The molecule has 1 heterocycles. The molecule has 1 aliphatic carbocycles. The first kappa shape index (κ1) is 14.3. The second-order valence-corrected chi connectivity index (χ2v) is 7.52. The fraction of sp³-hybridized carbons (Fsp3) is 1.00. The third-order valence-corrected chi connectivity index (χ3v) is 5.17. The summed E-state index contributed by atoms with van der Waals surface area (Å²) in [7, 11) is 0. The van der Waals surface area contributed by atoms with Crippen LogP contribution in [0.1, 0.15) is 59.8 Å². The summed E-state index contributed by atoms with van der Waals surface area (Å²) in [6, 6.07) is 1.59. The van der Waals surface area contributed by atoms with Crippen molar-refractivity contribution in [3.8, 4) is 0 Å². The average molecular weight is 252 g/mol. The standard InChI is InChI=1S/C16H32N2/c1-13-12-17-10-5-11-18(13)15-8-6-14(7-9-15)16(2,3)4/h13-15,17H,5-12H2,1-4H3. The summed E-state index contributed by atoms with van der Waals surface area (Å²) in [5.74, 6) is 0.939. The van der Waals surface area contributed by atoms with Gasteiger partial charge in [-0.3, -0.25) is 4.90 Å². The van der Waals surface area contributed by atoms with Crippen LogP contribution in [0.15, 0.2) is 0 Å². The zero-order chi connectivity index (χ0) is 13.2. The van der Waals surface area contributed by atoms with Crippen LogP contribution in [-0.2, 0) is 0 Å². The lowest BCUT2D eigenvalue weighted by Gasteiger charge is -2.42. The smallest absolute Gasteiger partial charge is 0.0195 e. The van der Waals surface area contributed by atoms with Gasteiger partial charge in [0.1, 0.15) is 0 Å². The molecular formula is C16H32N2. The average Bonchev–Trinajstić information content (AvgIpc) is 2.53. The molecule has 0 amide bonds. The van der Waals surface area contributed by atoms with E-state index in [0.717, 1.165) is 18.0 Å². The summed E-state index contributed by atoms with van der Waals surface area (Å²) in [4.78, 5) is 2.79. The van der Waals surface area contributed by atoms with Gasteiger partial charge in [0.25, 0.3) is 0 Å². The first-order valence-corrected chi connectivity index (χ1v) is 7.95. The highest BCUT2D eigenvalue weighted by Gasteiger charge is 2.33. The predicted octanol–water partition coefficient (Wildman–Crippen LogP) is 3.28. The minimum absolute atomic E-state index is 0.511. The van der Waals surface area contributed by atoms with Gasteiger partial charge in [-0.2, -0.15) is 0 Å². The van der Waals surface area contributed by atoms with Crippen molar-refractivity contribution in [1.82, 2.24) is 10.2 Å². The molecule has 0 spiro atoms. The van der Waals surface area contributed by atoms with Crippen molar-refractivity contribution < 1.29 is 0 Å². The SMILES string of the molecule is CC1CNCCCN1C1CCC(C(C)(C)C)CC1. The van der Waals surface area contributed by atoms with E-state index >= 15 is 0 Å². The van der Waals surface area contributed by atoms with Crippen LogP contribution in [0.3, 0.4) is 0 Å². The maximum atomic E-state index is 3.56. The molecule has 0 radical (unpaired) electrons. The molecule has 1 saturated carbocycles. The number of hydrogen-bond acceptors (Lipinski definition) is 2. The van der Waals surface area contributed by atoms with Gasteiger partial charge in [0.05, 0.1) is 0 Å². The number of nitrogens with one attached hydrogen (secondary N) is 1. The van der Waals surface area contributed by atoms with E-state index in [1.165, 1.54) is 51.7 Å². The molecule has 2 heteroatoms. The molecule has 1 aliphatic heterocycles. The predicted molar refractivity (Wildman–Crippen MR) is 78.9 cm³/mol. The summed E-state index contributed by atoms with van der Waals surface area (Å²) in [5, 5.41) is 3.56. The molecule has 0 aromatic heterocycles. The Bertz CT molecular complexity index is 248. The van der Waals surface area contributed by atoms with Crippen molar-refractivity contribution in [2.75, 3.05) is 19.6 Å². The first-order valence-electron chi connectivity index (χ1n) is 7.95. The van der Waals surface area contributed by atoms with Gasteiger partial charge >= 0.3 is 0 Å². The van der Waals surface area contributed by atoms with Gasteiger partial charge in [-0.15, -0.1) is 0 Å². The van der Waals surface area contributed by atoms with E-state index in [2.05, 4.69) is 37.9 Å². The normalized spacial score (nSPS) is 36.3. The molecular weight excluding hydrogens is 220 g/mol. The van der Waals surface area contributed by atoms with Gasteiger partial charge in [-0.1, -0.05) is 20.8 Å².